The zero-order valence-corrected chi connectivity index (χ0v) is 32.6. The van der Waals surface area contributed by atoms with Gasteiger partial charge in [-0.3, -0.25) is 24.0 Å². The summed E-state index contributed by atoms with van der Waals surface area (Å²) in [6.07, 6.45) is -11.3. The van der Waals surface area contributed by atoms with Gasteiger partial charge in [-0.1, -0.05) is 78.9 Å². The Morgan fingerprint density at radius 2 is 1.21 bits per heavy atom. The monoisotopic (exact) mass is 803 g/mol. The van der Waals surface area contributed by atoms with E-state index in [4.69, 9.17) is 37.9 Å². The number of fused-ring (bicyclic) bond motifs is 3. The lowest BCUT2D eigenvalue weighted by atomic mass is 9.97. The predicted molar refractivity (Wildman–Crippen MR) is 201 cm³/mol. The van der Waals surface area contributed by atoms with E-state index in [1.54, 1.807) is 30.3 Å². The van der Waals surface area contributed by atoms with Gasteiger partial charge in [-0.2, -0.15) is 0 Å². The summed E-state index contributed by atoms with van der Waals surface area (Å²) < 4.78 is 44.0. The van der Waals surface area contributed by atoms with Gasteiger partial charge >= 0.3 is 35.9 Å². The SMILES string of the molecule is COC(=O)[C@H](CC(=O)[C@H](Cc1ccccc1)NC(=O)OCC1c2ccccc2-c2ccccc21)O[C@@H]1O[C@H](COC(C)=O)[C@@H](OC(C)=O)[C@H](OC(C)=O)[C@H]1OC(C)=O. The van der Waals surface area contributed by atoms with Gasteiger partial charge in [0, 0.05) is 40.0 Å². The summed E-state index contributed by atoms with van der Waals surface area (Å²) in [5.41, 5.74) is 4.74. The van der Waals surface area contributed by atoms with Crippen LogP contribution in [0.4, 0.5) is 4.79 Å². The molecule has 3 aromatic rings. The van der Waals surface area contributed by atoms with E-state index in [1.165, 1.54) is 0 Å². The van der Waals surface area contributed by atoms with E-state index in [-0.39, 0.29) is 18.9 Å². The van der Waals surface area contributed by atoms with Gasteiger partial charge in [0.25, 0.3) is 0 Å². The third-order valence-corrected chi connectivity index (χ3v) is 9.40. The molecule has 1 aliphatic heterocycles. The highest BCUT2D eigenvalue weighted by atomic mass is 16.7. The first-order valence-electron chi connectivity index (χ1n) is 18.5. The molecule has 1 N–H and O–H groups in total. The largest absolute Gasteiger partial charge is 0.467 e. The molecule has 16 nitrogen and oxygen atoms in total. The van der Waals surface area contributed by atoms with Crippen LogP contribution in [0.5, 0.6) is 0 Å². The summed E-state index contributed by atoms with van der Waals surface area (Å²) >= 11 is 0. The standard InChI is InChI=1S/C42H45NO15/c1-23(44)52-22-36-37(54-24(2)45)38(55-25(3)46)39(56-26(4)47)41(58-36)57-35(40(49)51-5)20-34(48)33(19-27-13-7-6-8-14-27)43-42(50)53-21-32-30-17-11-9-15-28(30)29-16-10-12-18-31(29)32/h6-18,32-33,35-39,41H,19-22H2,1-5H3,(H,43,50)/t33-,35-,36+,37+,38-,39+,41+/m0/s1. The topological polar surface area (TPSA) is 205 Å². The Hall–Kier alpha value is -6.13. The fourth-order valence-electron chi connectivity index (χ4n) is 6.98. The molecule has 0 radical (unpaired) electrons. The molecule has 0 bridgehead atoms. The number of benzene rings is 3. The van der Waals surface area contributed by atoms with E-state index < -0.39 is 97.6 Å². The van der Waals surface area contributed by atoms with Gasteiger partial charge in [-0.05, 0) is 34.2 Å². The first-order valence-corrected chi connectivity index (χ1v) is 18.5. The van der Waals surface area contributed by atoms with Crippen molar-refractivity contribution in [3.05, 3.63) is 95.6 Å². The van der Waals surface area contributed by atoms with Gasteiger partial charge in [0.2, 0.25) is 0 Å². The minimum Gasteiger partial charge on any atom is -0.467 e. The normalized spacial score (nSPS) is 20.5. The second-order valence-corrected chi connectivity index (χ2v) is 13.6. The summed E-state index contributed by atoms with van der Waals surface area (Å²) in [7, 11) is 1.05. The average molecular weight is 804 g/mol. The molecular formula is C42H45NO15. The highest BCUT2D eigenvalue weighted by Gasteiger charge is 2.54. The second-order valence-electron chi connectivity index (χ2n) is 13.6. The Kier molecular flexibility index (Phi) is 14.7. The van der Waals surface area contributed by atoms with Crippen molar-refractivity contribution in [3.63, 3.8) is 0 Å². The molecule has 2 aliphatic rings. The lowest BCUT2D eigenvalue weighted by molar-refractivity contribution is -0.315. The van der Waals surface area contributed by atoms with E-state index in [2.05, 4.69) is 5.32 Å². The van der Waals surface area contributed by atoms with Crippen LogP contribution in [-0.4, -0.2) is 105 Å². The second kappa shape index (κ2) is 19.8. The molecule has 0 unspecified atom stereocenters. The van der Waals surface area contributed by atoms with Gasteiger partial charge in [0.05, 0.1) is 13.2 Å². The third-order valence-electron chi connectivity index (χ3n) is 9.40. The summed E-state index contributed by atoms with van der Waals surface area (Å²) in [5, 5.41) is 2.65. The quantitative estimate of drug-likeness (QED) is 0.162. The predicted octanol–water partition coefficient (Wildman–Crippen LogP) is 3.74. The molecule has 1 heterocycles. The van der Waals surface area contributed by atoms with Crippen LogP contribution < -0.4 is 5.32 Å². The van der Waals surface area contributed by atoms with Crippen LogP contribution in [0, 0.1) is 0 Å². The molecule has 1 saturated heterocycles. The number of hydrogen-bond donors (Lipinski definition) is 1. The van der Waals surface area contributed by atoms with Crippen molar-refractivity contribution in [2.45, 2.75) is 89.3 Å². The molecule has 1 fully saturated rings. The third kappa shape index (κ3) is 11.0. The van der Waals surface area contributed by atoms with Crippen molar-refractivity contribution in [1.82, 2.24) is 5.32 Å². The van der Waals surface area contributed by atoms with E-state index in [9.17, 15) is 33.6 Å². The Balaban J connectivity index is 1.38. The molecule has 7 atom stereocenters. The van der Waals surface area contributed by atoms with Crippen LogP contribution in [0.25, 0.3) is 11.1 Å². The number of nitrogens with one attached hydrogen (secondary N) is 1. The lowest BCUT2D eigenvalue weighted by Crippen LogP contribution is -2.63. The van der Waals surface area contributed by atoms with E-state index in [0.717, 1.165) is 57.1 Å². The number of ketones is 1. The van der Waals surface area contributed by atoms with E-state index in [0.29, 0.717) is 5.56 Å². The molecular weight excluding hydrogens is 758 g/mol. The molecule has 16 heteroatoms. The number of methoxy groups -OCH3 is 1. The number of esters is 5. The van der Waals surface area contributed by atoms with Crippen LogP contribution in [0.3, 0.4) is 0 Å². The Labute approximate surface area is 334 Å². The Morgan fingerprint density at radius 3 is 1.78 bits per heavy atom. The number of rotatable bonds is 16. The van der Waals surface area contributed by atoms with Gasteiger partial charge < -0.3 is 43.2 Å². The molecule has 0 spiro atoms. The average Bonchev–Trinajstić information content (AvgIpc) is 3.50. The fourth-order valence-corrected chi connectivity index (χ4v) is 6.98. The smallest absolute Gasteiger partial charge is 0.407 e. The molecule has 0 aromatic heterocycles. The zero-order chi connectivity index (χ0) is 41.9. The van der Waals surface area contributed by atoms with Gasteiger partial charge in [-0.15, -0.1) is 0 Å². The van der Waals surface area contributed by atoms with Crippen LogP contribution in [-0.2, 0) is 73.1 Å². The number of Topliss-reactive ketones (excluding diaryl/α,β-unsaturated/α-hetero) is 1. The van der Waals surface area contributed by atoms with Crippen molar-refractivity contribution in [3.8, 4) is 11.1 Å². The first-order chi connectivity index (χ1) is 27.7. The molecule has 1 aliphatic carbocycles. The van der Waals surface area contributed by atoms with Gasteiger partial charge in [-0.25, -0.2) is 9.59 Å². The molecule has 0 saturated carbocycles. The van der Waals surface area contributed by atoms with Gasteiger partial charge in [0.1, 0.15) is 19.3 Å². The van der Waals surface area contributed by atoms with Gasteiger partial charge in [0.15, 0.2) is 36.5 Å². The summed E-state index contributed by atoms with van der Waals surface area (Å²) in [6, 6.07) is 23.2. The highest BCUT2D eigenvalue weighted by Crippen LogP contribution is 2.44. The maximum atomic E-state index is 14.2. The van der Waals surface area contributed by atoms with Crippen LogP contribution in [0.1, 0.15) is 56.7 Å². The number of amides is 1. The molecule has 3 aromatic carbocycles. The van der Waals surface area contributed by atoms with Crippen molar-refractivity contribution >= 4 is 41.7 Å². The first kappa shape index (κ1) is 43.0. The number of alkyl carbamates (subject to hydrolysis) is 1. The number of carbonyl (C=O) groups is 7. The van der Waals surface area contributed by atoms with Crippen molar-refractivity contribution < 1.29 is 71.5 Å². The minimum atomic E-state index is -1.79. The Morgan fingerprint density at radius 1 is 0.655 bits per heavy atom. The van der Waals surface area contributed by atoms with Crippen LogP contribution in [0.15, 0.2) is 78.9 Å². The zero-order valence-electron chi connectivity index (χ0n) is 32.6. The fraction of sp³-hybridized carbons (Fsp3) is 0.405. The molecule has 308 valence electrons. The molecule has 5 rings (SSSR count). The van der Waals surface area contributed by atoms with Crippen molar-refractivity contribution in [2.75, 3.05) is 20.3 Å². The van der Waals surface area contributed by atoms with Crippen molar-refractivity contribution in [2.24, 2.45) is 0 Å². The minimum absolute atomic E-state index is 0.00316. The highest BCUT2D eigenvalue weighted by molar-refractivity contribution is 5.91. The van der Waals surface area contributed by atoms with E-state index in [1.807, 2.05) is 48.5 Å². The van der Waals surface area contributed by atoms with Crippen LogP contribution in [0.2, 0.25) is 0 Å². The number of ether oxygens (including phenoxy) is 8. The molecule has 58 heavy (non-hydrogen) atoms. The van der Waals surface area contributed by atoms with Crippen LogP contribution >= 0.6 is 0 Å². The summed E-state index contributed by atoms with van der Waals surface area (Å²) in [4.78, 5) is 89.4. The van der Waals surface area contributed by atoms with E-state index >= 15 is 0 Å². The number of carbonyl (C=O) groups excluding carboxylic acids is 7. The number of hydrogen-bond acceptors (Lipinski definition) is 15. The van der Waals surface area contributed by atoms with Crippen molar-refractivity contribution in [1.29, 1.82) is 0 Å². The maximum Gasteiger partial charge on any atom is 0.407 e. The maximum absolute atomic E-state index is 14.2. The Bertz CT molecular complexity index is 1940. The summed E-state index contributed by atoms with van der Waals surface area (Å²) in [5.74, 6) is -5.35. The summed E-state index contributed by atoms with van der Waals surface area (Å²) in [6.45, 7) is 3.70. The molecule has 1 amide bonds. The lowest BCUT2D eigenvalue weighted by Gasteiger charge is -2.44.